The van der Waals surface area contributed by atoms with E-state index in [1.54, 1.807) is 12.4 Å². The zero-order valence-electron chi connectivity index (χ0n) is 12.3. The van der Waals surface area contributed by atoms with Crippen LogP contribution in [0.5, 0.6) is 0 Å². The molecule has 4 heteroatoms. The van der Waals surface area contributed by atoms with Crippen molar-refractivity contribution in [2.45, 2.75) is 25.8 Å². The molecule has 2 aromatic rings. The molecule has 2 N–H and O–H groups in total. The molecule has 0 amide bonds. The number of nitrogens with two attached hydrogens (primary N) is 1. The smallest absolute Gasteiger partial charge is 0.145 e. The van der Waals surface area contributed by atoms with Gasteiger partial charge in [0.25, 0.3) is 0 Å². The third kappa shape index (κ3) is 3.79. The van der Waals surface area contributed by atoms with Crippen LogP contribution in [0.3, 0.4) is 0 Å². The maximum atomic E-state index is 5.91. The van der Waals surface area contributed by atoms with E-state index in [4.69, 9.17) is 5.73 Å². The third-order valence-corrected chi connectivity index (χ3v) is 4.14. The minimum atomic E-state index is 0.581. The fraction of sp³-hybridized carbons (Fsp3) is 0.412. The van der Waals surface area contributed by atoms with Gasteiger partial charge in [-0.1, -0.05) is 30.3 Å². The second kappa shape index (κ2) is 6.68. The lowest BCUT2D eigenvalue weighted by atomic mass is 9.93. The summed E-state index contributed by atoms with van der Waals surface area (Å²) in [5, 5.41) is 0. The summed E-state index contributed by atoms with van der Waals surface area (Å²) >= 11 is 0. The van der Waals surface area contributed by atoms with Crippen molar-refractivity contribution < 1.29 is 0 Å². The molecule has 1 aromatic carbocycles. The number of benzene rings is 1. The summed E-state index contributed by atoms with van der Waals surface area (Å²) in [7, 11) is 0. The molecule has 2 heterocycles. The number of piperidine rings is 1. The zero-order chi connectivity index (χ0) is 14.5. The molecule has 1 aliphatic heterocycles. The summed E-state index contributed by atoms with van der Waals surface area (Å²) in [4.78, 5) is 11.0. The summed E-state index contributed by atoms with van der Waals surface area (Å²) in [6, 6.07) is 10.7. The highest BCUT2D eigenvalue weighted by Crippen LogP contribution is 2.22. The Labute approximate surface area is 126 Å². The van der Waals surface area contributed by atoms with Gasteiger partial charge in [-0.25, -0.2) is 4.98 Å². The van der Waals surface area contributed by atoms with Crippen molar-refractivity contribution in [1.82, 2.24) is 14.9 Å². The number of nitrogens with zero attached hydrogens (tertiary/aromatic N) is 3. The van der Waals surface area contributed by atoms with Crippen LogP contribution in [0.2, 0.25) is 0 Å². The number of rotatable bonds is 4. The predicted molar refractivity (Wildman–Crippen MR) is 84.6 cm³/mol. The fourth-order valence-corrected chi connectivity index (χ4v) is 3.11. The van der Waals surface area contributed by atoms with Crippen molar-refractivity contribution in [1.29, 1.82) is 0 Å². The van der Waals surface area contributed by atoms with Crippen LogP contribution >= 0.6 is 0 Å². The highest BCUT2D eigenvalue weighted by atomic mass is 15.1. The van der Waals surface area contributed by atoms with Crippen LogP contribution in [0, 0.1) is 5.92 Å². The standard InChI is InChI=1S/C17H22N4/c18-17-16(19-8-9-20-17)11-15-7-4-10-21(13-15)12-14-5-2-1-3-6-14/h1-3,5-6,8-9,15H,4,7,10-13H2,(H2,18,20). The van der Waals surface area contributed by atoms with Crippen LogP contribution in [0.25, 0.3) is 0 Å². The van der Waals surface area contributed by atoms with Crippen LogP contribution in [-0.4, -0.2) is 28.0 Å². The van der Waals surface area contributed by atoms with Crippen molar-refractivity contribution in [3.63, 3.8) is 0 Å². The van der Waals surface area contributed by atoms with E-state index in [1.165, 1.54) is 24.9 Å². The van der Waals surface area contributed by atoms with Gasteiger partial charge in [0.15, 0.2) is 0 Å². The quantitative estimate of drug-likeness (QED) is 0.936. The molecule has 0 spiro atoms. The number of anilines is 1. The molecule has 1 aromatic heterocycles. The minimum absolute atomic E-state index is 0.581. The van der Waals surface area contributed by atoms with E-state index < -0.39 is 0 Å². The highest BCUT2D eigenvalue weighted by Gasteiger charge is 2.21. The number of hydrogen-bond acceptors (Lipinski definition) is 4. The summed E-state index contributed by atoms with van der Waals surface area (Å²) in [6.45, 7) is 3.33. The van der Waals surface area contributed by atoms with E-state index in [1.807, 2.05) is 0 Å². The first-order valence-corrected chi connectivity index (χ1v) is 7.63. The largest absolute Gasteiger partial charge is 0.382 e. The average Bonchev–Trinajstić information content (AvgIpc) is 2.51. The van der Waals surface area contributed by atoms with Gasteiger partial charge >= 0.3 is 0 Å². The molecule has 4 nitrogen and oxygen atoms in total. The molecule has 0 aliphatic carbocycles. The van der Waals surface area contributed by atoms with Crippen LogP contribution in [-0.2, 0) is 13.0 Å². The monoisotopic (exact) mass is 282 g/mol. The number of likely N-dealkylation sites (tertiary alicyclic amines) is 1. The SMILES string of the molecule is Nc1nccnc1CC1CCCN(Cc2ccccc2)C1. The molecule has 0 saturated carbocycles. The Morgan fingerprint density at radius 3 is 2.76 bits per heavy atom. The van der Waals surface area contributed by atoms with Crippen LogP contribution in [0.4, 0.5) is 5.82 Å². The van der Waals surface area contributed by atoms with Gasteiger partial charge in [-0.3, -0.25) is 9.88 Å². The predicted octanol–water partition coefficient (Wildman–Crippen LogP) is 2.51. The van der Waals surface area contributed by atoms with E-state index in [2.05, 4.69) is 45.2 Å². The van der Waals surface area contributed by atoms with Gasteiger partial charge in [-0.05, 0) is 37.3 Å². The molecular formula is C17H22N4. The van der Waals surface area contributed by atoms with Gasteiger partial charge in [0.1, 0.15) is 5.82 Å². The molecule has 0 radical (unpaired) electrons. The van der Waals surface area contributed by atoms with Gasteiger partial charge in [0, 0.05) is 25.5 Å². The van der Waals surface area contributed by atoms with Crippen LogP contribution in [0.15, 0.2) is 42.7 Å². The fourth-order valence-electron chi connectivity index (χ4n) is 3.11. The maximum Gasteiger partial charge on any atom is 0.145 e. The van der Waals surface area contributed by atoms with Crippen molar-refractivity contribution in [2.75, 3.05) is 18.8 Å². The molecule has 1 aliphatic rings. The summed E-state index contributed by atoms with van der Waals surface area (Å²) in [5.41, 5.74) is 8.24. The Bertz CT molecular complexity index is 570. The first-order chi connectivity index (χ1) is 10.3. The minimum Gasteiger partial charge on any atom is -0.382 e. The van der Waals surface area contributed by atoms with Gasteiger partial charge in [0.2, 0.25) is 0 Å². The van der Waals surface area contributed by atoms with E-state index in [0.717, 1.165) is 25.2 Å². The Morgan fingerprint density at radius 1 is 1.14 bits per heavy atom. The second-order valence-corrected chi connectivity index (χ2v) is 5.82. The Morgan fingerprint density at radius 2 is 1.95 bits per heavy atom. The number of aromatic nitrogens is 2. The molecule has 3 rings (SSSR count). The second-order valence-electron chi connectivity index (χ2n) is 5.82. The highest BCUT2D eigenvalue weighted by molar-refractivity contribution is 5.33. The molecule has 110 valence electrons. The Balaban J connectivity index is 1.60. The van der Waals surface area contributed by atoms with Gasteiger partial charge in [0.05, 0.1) is 5.69 Å². The Hall–Kier alpha value is -1.94. The van der Waals surface area contributed by atoms with Gasteiger partial charge in [-0.2, -0.15) is 0 Å². The van der Waals surface area contributed by atoms with Crippen molar-refractivity contribution in [2.24, 2.45) is 5.92 Å². The molecular weight excluding hydrogens is 260 g/mol. The molecule has 1 fully saturated rings. The topological polar surface area (TPSA) is 55.0 Å². The number of nitrogen functional groups attached to an aromatic ring is 1. The molecule has 1 saturated heterocycles. The average molecular weight is 282 g/mol. The zero-order valence-corrected chi connectivity index (χ0v) is 12.3. The molecule has 1 atom stereocenters. The van der Waals surface area contributed by atoms with Crippen LogP contribution in [0.1, 0.15) is 24.1 Å². The summed E-state index contributed by atoms with van der Waals surface area (Å²) < 4.78 is 0. The maximum absolute atomic E-state index is 5.91. The van der Waals surface area contributed by atoms with Crippen molar-refractivity contribution >= 4 is 5.82 Å². The summed E-state index contributed by atoms with van der Waals surface area (Å²) in [5.74, 6) is 1.21. The first-order valence-electron chi connectivity index (χ1n) is 7.63. The lowest BCUT2D eigenvalue weighted by Gasteiger charge is -2.32. The molecule has 0 bridgehead atoms. The molecule has 21 heavy (non-hydrogen) atoms. The lowest BCUT2D eigenvalue weighted by Crippen LogP contribution is -2.35. The first kappa shape index (κ1) is 14.0. The van der Waals surface area contributed by atoms with E-state index in [0.29, 0.717) is 11.7 Å². The lowest BCUT2D eigenvalue weighted by molar-refractivity contribution is 0.166. The summed E-state index contributed by atoms with van der Waals surface area (Å²) in [6.07, 6.45) is 6.82. The van der Waals surface area contributed by atoms with Crippen molar-refractivity contribution in [3.05, 3.63) is 54.0 Å². The Kier molecular flexibility index (Phi) is 4.46. The van der Waals surface area contributed by atoms with Crippen LogP contribution < -0.4 is 5.73 Å². The van der Waals surface area contributed by atoms with Gasteiger partial charge in [-0.15, -0.1) is 0 Å². The van der Waals surface area contributed by atoms with Crippen molar-refractivity contribution in [3.8, 4) is 0 Å². The number of hydrogen-bond donors (Lipinski definition) is 1. The van der Waals surface area contributed by atoms with Gasteiger partial charge < -0.3 is 5.73 Å². The normalized spacial score (nSPS) is 19.5. The van der Waals surface area contributed by atoms with E-state index in [-0.39, 0.29) is 0 Å². The van der Waals surface area contributed by atoms with E-state index >= 15 is 0 Å². The van der Waals surface area contributed by atoms with E-state index in [9.17, 15) is 0 Å². The molecule has 1 unspecified atom stereocenters. The third-order valence-electron chi connectivity index (χ3n) is 4.14.